The van der Waals surface area contributed by atoms with Crippen molar-refractivity contribution in [1.29, 1.82) is 0 Å². The van der Waals surface area contributed by atoms with Gasteiger partial charge in [0.15, 0.2) is 0 Å². The van der Waals surface area contributed by atoms with Crippen LogP contribution in [0.5, 0.6) is 0 Å². The molecule has 3 rings (SSSR count). The number of hydrogen-bond donors (Lipinski definition) is 1. The maximum atomic E-state index is 4.81. The smallest absolute Gasteiger partial charge is 0.112 e. The molecule has 1 aliphatic rings. The molecule has 17 heavy (non-hydrogen) atoms. The topological polar surface area (TPSA) is 17.8 Å². The molecule has 90 valence electrons. The zero-order chi connectivity index (χ0) is 11.8. The molecule has 2 aromatic rings. The molecule has 3 heteroatoms. The van der Waals surface area contributed by atoms with E-state index in [2.05, 4.69) is 36.4 Å². The first-order valence-corrected chi connectivity index (χ1v) is 6.86. The second-order valence-corrected chi connectivity index (χ2v) is 5.55. The number of rotatable bonds is 1. The van der Waals surface area contributed by atoms with Crippen molar-refractivity contribution in [2.45, 2.75) is 42.9 Å². The normalized spacial score (nSPS) is 17.8. The van der Waals surface area contributed by atoms with Crippen molar-refractivity contribution in [3.8, 4) is 0 Å². The van der Waals surface area contributed by atoms with Crippen LogP contribution in [0.4, 0.5) is 0 Å². The first kappa shape index (κ1) is 11.1. The lowest BCUT2D eigenvalue weighted by atomic mass is 9.89. The number of fused-ring (bicyclic) bond motifs is 1. The van der Waals surface area contributed by atoms with E-state index in [4.69, 9.17) is 4.98 Å². The Morgan fingerprint density at radius 3 is 2.76 bits per heavy atom. The van der Waals surface area contributed by atoms with Gasteiger partial charge in [-0.1, -0.05) is 19.3 Å². The third-order valence-electron chi connectivity index (χ3n) is 3.87. The molecule has 1 aliphatic carbocycles. The summed E-state index contributed by atoms with van der Waals surface area (Å²) in [4.78, 5) is 5.82. The molecule has 1 fully saturated rings. The monoisotopic (exact) mass is 246 g/mol. The van der Waals surface area contributed by atoms with E-state index < -0.39 is 0 Å². The number of thiol groups is 1. The van der Waals surface area contributed by atoms with Crippen molar-refractivity contribution < 1.29 is 0 Å². The van der Waals surface area contributed by atoms with Gasteiger partial charge < -0.3 is 4.57 Å². The average molecular weight is 246 g/mol. The molecule has 2 nitrogen and oxygen atoms in total. The van der Waals surface area contributed by atoms with Gasteiger partial charge in [-0.05, 0) is 31.0 Å². The van der Waals surface area contributed by atoms with Crippen LogP contribution in [0.25, 0.3) is 11.0 Å². The first-order valence-electron chi connectivity index (χ1n) is 6.41. The number of benzene rings is 1. The quantitative estimate of drug-likeness (QED) is 0.755. The second kappa shape index (κ2) is 4.37. The van der Waals surface area contributed by atoms with Crippen molar-refractivity contribution in [3.63, 3.8) is 0 Å². The van der Waals surface area contributed by atoms with Gasteiger partial charge in [0, 0.05) is 17.9 Å². The lowest BCUT2D eigenvalue weighted by Gasteiger charge is -2.20. The molecular formula is C14H18N2S. The zero-order valence-corrected chi connectivity index (χ0v) is 11.1. The summed E-state index contributed by atoms with van der Waals surface area (Å²) in [5.41, 5.74) is 2.31. The Morgan fingerprint density at radius 2 is 2.00 bits per heavy atom. The van der Waals surface area contributed by atoms with E-state index in [0.717, 1.165) is 10.4 Å². The number of aryl methyl sites for hydroxylation is 1. The van der Waals surface area contributed by atoms with Crippen molar-refractivity contribution in [2.75, 3.05) is 0 Å². The van der Waals surface area contributed by atoms with Gasteiger partial charge in [-0.2, -0.15) is 0 Å². The van der Waals surface area contributed by atoms with Gasteiger partial charge in [0.1, 0.15) is 5.82 Å². The van der Waals surface area contributed by atoms with Crippen LogP contribution in [0.15, 0.2) is 23.1 Å². The minimum atomic E-state index is 0.657. The van der Waals surface area contributed by atoms with Crippen LogP contribution in [0.1, 0.15) is 43.8 Å². The van der Waals surface area contributed by atoms with Crippen LogP contribution in [-0.2, 0) is 7.05 Å². The molecule has 0 saturated heterocycles. The Balaban J connectivity index is 2.07. The number of nitrogens with zero attached hydrogens (tertiary/aromatic N) is 2. The third kappa shape index (κ3) is 1.97. The number of imidazole rings is 1. The van der Waals surface area contributed by atoms with E-state index >= 15 is 0 Å². The van der Waals surface area contributed by atoms with Gasteiger partial charge in [-0.25, -0.2) is 4.98 Å². The summed E-state index contributed by atoms with van der Waals surface area (Å²) >= 11 is 4.40. The molecular weight excluding hydrogens is 228 g/mol. The zero-order valence-electron chi connectivity index (χ0n) is 10.2. The Bertz CT molecular complexity index is 538. The molecule has 0 amide bonds. The summed E-state index contributed by atoms with van der Waals surface area (Å²) in [5, 5.41) is 0. The largest absolute Gasteiger partial charge is 0.331 e. The Labute approximate surface area is 107 Å². The van der Waals surface area contributed by atoms with Gasteiger partial charge in [0.05, 0.1) is 11.0 Å². The maximum absolute atomic E-state index is 4.81. The van der Waals surface area contributed by atoms with Gasteiger partial charge in [0.2, 0.25) is 0 Å². The lowest BCUT2D eigenvalue weighted by Crippen LogP contribution is -2.10. The van der Waals surface area contributed by atoms with Gasteiger partial charge in [0.25, 0.3) is 0 Å². The van der Waals surface area contributed by atoms with Crippen molar-refractivity contribution in [3.05, 3.63) is 24.0 Å². The predicted octanol–water partition coefficient (Wildman–Crippen LogP) is 3.91. The fourth-order valence-corrected chi connectivity index (χ4v) is 3.12. The molecule has 0 unspecified atom stereocenters. The van der Waals surface area contributed by atoms with E-state index in [-0.39, 0.29) is 0 Å². The van der Waals surface area contributed by atoms with Crippen molar-refractivity contribution in [1.82, 2.24) is 9.55 Å². The molecule has 0 atom stereocenters. The van der Waals surface area contributed by atoms with Crippen LogP contribution in [0.3, 0.4) is 0 Å². The molecule has 0 spiro atoms. The van der Waals surface area contributed by atoms with Gasteiger partial charge in [-0.15, -0.1) is 12.6 Å². The van der Waals surface area contributed by atoms with Gasteiger partial charge >= 0.3 is 0 Å². The highest BCUT2D eigenvalue weighted by Gasteiger charge is 2.20. The van der Waals surface area contributed by atoms with Gasteiger partial charge in [-0.3, -0.25) is 0 Å². The summed E-state index contributed by atoms with van der Waals surface area (Å²) in [6, 6.07) is 6.20. The summed E-state index contributed by atoms with van der Waals surface area (Å²) in [7, 11) is 2.13. The Hall–Kier alpha value is -0.960. The average Bonchev–Trinajstić information content (AvgIpc) is 2.68. The lowest BCUT2D eigenvalue weighted by molar-refractivity contribution is 0.423. The highest BCUT2D eigenvalue weighted by atomic mass is 32.1. The molecule has 0 aliphatic heterocycles. The second-order valence-electron chi connectivity index (χ2n) is 5.04. The standard InChI is InChI=1S/C14H18N2S/c1-16-13-9-11(17)7-8-12(13)15-14(16)10-5-3-2-4-6-10/h7-10,17H,2-6H2,1H3. The summed E-state index contributed by atoms with van der Waals surface area (Å²) < 4.78 is 2.26. The van der Waals surface area contributed by atoms with Crippen molar-refractivity contribution in [2.24, 2.45) is 7.05 Å². The number of aromatic nitrogens is 2. The Kier molecular flexibility index (Phi) is 2.87. The molecule has 1 aromatic carbocycles. The summed E-state index contributed by atoms with van der Waals surface area (Å²) in [6.45, 7) is 0. The minimum absolute atomic E-state index is 0.657. The molecule has 0 bridgehead atoms. The first-order chi connectivity index (χ1) is 8.25. The highest BCUT2D eigenvalue weighted by Crippen LogP contribution is 2.33. The predicted molar refractivity (Wildman–Crippen MR) is 73.8 cm³/mol. The fourth-order valence-electron chi connectivity index (χ4n) is 2.92. The molecule has 1 saturated carbocycles. The molecule has 0 radical (unpaired) electrons. The van der Waals surface area contributed by atoms with Crippen LogP contribution in [-0.4, -0.2) is 9.55 Å². The molecule has 0 N–H and O–H groups in total. The molecule has 1 aromatic heterocycles. The number of hydrogen-bond acceptors (Lipinski definition) is 2. The van der Waals surface area contributed by atoms with E-state index in [1.54, 1.807) is 0 Å². The van der Waals surface area contributed by atoms with Crippen molar-refractivity contribution >= 4 is 23.7 Å². The van der Waals surface area contributed by atoms with E-state index in [0.29, 0.717) is 5.92 Å². The SMILES string of the molecule is Cn1c(C2CCCCC2)nc2ccc(S)cc21. The van der Waals surface area contributed by atoms with E-state index in [1.807, 2.05) is 6.07 Å². The Morgan fingerprint density at radius 1 is 1.24 bits per heavy atom. The summed E-state index contributed by atoms with van der Waals surface area (Å²) in [5.74, 6) is 1.92. The minimum Gasteiger partial charge on any atom is -0.331 e. The van der Waals surface area contributed by atoms with E-state index in [1.165, 1.54) is 43.4 Å². The van der Waals surface area contributed by atoms with Crippen LogP contribution < -0.4 is 0 Å². The highest BCUT2D eigenvalue weighted by molar-refractivity contribution is 7.80. The third-order valence-corrected chi connectivity index (χ3v) is 4.15. The fraction of sp³-hybridized carbons (Fsp3) is 0.500. The maximum Gasteiger partial charge on any atom is 0.112 e. The molecule has 1 heterocycles. The van der Waals surface area contributed by atoms with Crippen LogP contribution >= 0.6 is 12.6 Å². The van der Waals surface area contributed by atoms with Crippen LogP contribution in [0, 0.1) is 0 Å². The van der Waals surface area contributed by atoms with Crippen LogP contribution in [0.2, 0.25) is 0 Å². The summed E-state index contributed by atoms with van der Waals surface area (Å²) in [6.07, 6.45) is 6.69. The van der Waals surface area contributed by atoms with E-state index in [9.17, 15) is 0 Å².